The minimum absolute atomic E-state index is 0.0742. The molecule has 3 aromatic rings. The predicted molar refractivity (Wildman–Crippen MR) is 123 cm³/mol. The van der Waals surface area contributed by atoms with Crippen molar-refractivity contribution in [2.75, 3.05) is 37.0 Å². The fourth-order valence-corrected chi connectivity index (χ4v) is 3.96. The Balaban J connectivity index is 1.37. The highest BCUT2D eigenvalue weighted by atomic mass is 16.6. The first kappa shape index (κ1) is 21.3. The number of nitrogens with one attached hydrogen (secondary N) is 1. The number of rotatable bonds is 7. The number of aryl methyl sites for hydroxylation is 2. The molecule has 3 aromatic heterocycles. The lowest BCUT2D eigenvalue weighted by Gasteiger charge is -2.26. The van der Waals surface area contributed by atoms with E-state index in [2.05, 4.69) is 15.3 Å². The second kappa shape index (κ2) is 9.11. The molecule has 1 amide bonds. The molecule has 170 valence electrons. The molecule has 0 saturated carbocycles. The monoisotopic (exact) mass is 446 g/mol. The molecule has 0 unspecified atom stereocenters. The Hall–Kier alpha value is -3.59. The number of likely N-dealkylation sites (N-methyl/N-ethyl adjacent to an activating group) is 1. The Morgan fingerprint density at radius 2 is 2.09 bits per heavy atom. The molecule has 1 aliphatic carbocycles. The summed E-state index contributed by atoms with van der Waals surface area (Å²) >= 11 is 0. The van der Waals surface area contributed by atoms with Crippen molar-refractivity contribution in [3.63, 3.8) is 0 Å². The average Bonchev–Trinajstić information content (AvgIpc) is 3.26. The molecule has 1 N–H and O–H groups in total. The summed E-state index contributed by atoms with van der Waals surface area (Å²) in [5, 5.41) is 2.89. The van der Waals surface area contributed by atoms with E-state index in [4.69, 9.17) is 19.4 Å². The SMILES string of the molecule is Cc1ccc(NC(=O)CN(C)c2nc(-c3cc(OC4COC4)ccn3)nc3c2CCC3)cn1. The van der Waals surface area contributed by atoms with Crippen LogP contribution in [0.4, 0.5) is 11.5 Å². The number of pyridine rings is 2. The number of hydrogen-bond donors (Lipinski definition) is 1. The number of fused-ring (bicyclic) bond motifs is 1. The minimum Gasteiger partial charge on any atom is -0.485 e. The van der Waals surface area contributed by atoms with E-state index in [0.29, 0.717) is 30.4 Å². The van der Waals surface area contributed by atoms with E-state index in [0.717, 1.165) is 47.8 Å². The molecule has 4 heterocycles. The zero-order valence-electron chi connectivity index (χ0n) is 18.7. The third-order valence-electron chi connectivity index (χ3n) is 5.72. The smallest absolute Gasteiger partial charge is 0.243 e. The quantitative estimate of drug-likeness (QED) is 0.591. The molecular weight excluding hydrogens is 420 g/mol. The number of ether oxygens (including phenoxy) is 2. The fourth-order valence-electron chi connectivity index (χ4n) is 3.96. The third kappa shape index (κ3) is 4.78. The minimum atomic E-state index is -0.133. The first-order valence-electron chi connectivity index (χ1n) is 11.1. The molecule has 1 saturated heterocycles. The van der Waals surface area contributed by atoms with Gasteiger partial charge in [-0.3, -0.25) is 14.8 Å². The maximum atomic E-state index is 12.7. The summed E-state index contributed by atoms with van der Waals surface area (Å²) < 4.78 is 11.1. The van der Waals surface area contributed by atoms with E-state index < -0.39 is 0 Å². The van der Waals surface area contributed by atoms with Gasteiger partial charge in [-0.05, 0) is 44.4 Å². The van der Waals surface area contributed by atoms with Crippen LogP contribution in [0.2, 0.25) is 0 Å². The van der Waals surface area contributed by atoms with Crippen LogP contribution < -0.4 is 15.0 Å². The van der Waals surface area contributed by atoms with Gasteiger partial charge in [-0.25, -0.2) is 9.97 Å². The third-order valence-corrected chi connectivity index (χ3v) is 5.72. The van der Waals surface area contributed by atoms with Crippen LogP contribution in [0.25, 0.3) is 11.5 Å². The molecule has 9 heteroatoms. The molecule has 9 nitrogen and oxygen atoms in total. The zero-order chi connectivity index (χ0) is 22.8. The van der Waals surface area contributed by atoms with Gasteiger partial charge in [0, 0.05) is 36.3 Å². The normalized spacial score (nSPS) is 15.0. The lowest BCUT2D eigenvalue weighted by Crippen LogP contribution is -2.38. The van der Waals surface area contributed by atoms with Gasteiger partial charge >= 0.3 is 0 Å². The van der Waals surface area contributed by atoms with Crippen LogP contribution in [-0.2, 0) is 22.4 Å². The molecule has 33 heavy (non-hydrogen) atoms. The molecule has 1 aliphatic heterocycles. The van der Waals surface area contributed by atoms with Gasteiger partial charge in [0.05, 0.1) is 31.6 Å². The number of nitrogens with zero attached hydrogens (tertiary/aromatic N) is 5. The Kier molecular flexibility index (Phi) is 5.87. The average molecular weight is 447 g/mol. The van der Waals surface area contributed by atoms with E-state index >= 15 is 0 Å². The topological polar surface area (TPSA) is 102 Å². The predicted octanol–water partition coefficient (Wildman–Crippen LogP) is 2.58. The van der Waals surface area contributed by atoms with Gasteiger partial charge in [0.2, 0.25) is 5.91 Å². The van der Waals surface area contributed by atoms with E-state index in [-0.39, 0.29) is 18.6 Å². The van der Waals surface area contributed by atoms with Gasteiger partial charge in [0.25, 0.3) is 0 Å². The summed E-state index contributed by atoms with van der Waals surface area (Å²) in [4.78, 5) is 32.8. The number of hydrogen-bond acceptors (Lipinski definition) is 8. The van der Waals surface area contributed by atoms with Gasteiger partial charge in [0.15, 0.2) is 5.82 Å². The van der Waals surface area contributed by atoms with Gasteiger partial charge in [-0.15, -0.1) is 0 Å². The van der Waals surface area contributed by atoms with Crippen LogP contribution in [0.15, 0.2) is 36.7 Å². The maximum absolute atomic E-state index is 12.7. The summed E-state index contributed by atoms with van der Waals surface area (Å²) in [5.41, 5.74) is 4.34. The molecule has 0 bridgehead atoms. The second-order valence-corrected chi connectivity index (χ2v) is 8.40. The van der Waals surface area contributed by atoms with Crippen LogP contribution in [0.3, 0.4) is 0 Å². The zero-order valence-corrected chi connectivity index (χ0v) is 18.7. The van der Waals surface area contributed by atoms with Crippen molar-refractivity contribution in [1.29, 1.82) is 0 Å². The molecule has 2 aliphatic rings. The number of amides is 1. The van der Waals surface area contributed by atoms with Gasteiger partial charge < -0.3 is 19.7 Å². The van der Waals surface area contributed by atoms with Gasteiger partial charge in [-0.1, -0.05) is 0 Å². The summed E-state index contributed by atoms with van der Waals surface area (Å²) in [6.45, 7) is 3.27. The molecule has 0 spiro atoms. The molecule has 0 atom stereocenters. The standard InChI is InChI=1S/C24H26N6O3/c1-15-6-7-16(11-26-15)27-22(31)12-30(2)24-19-4-3-5-20(19)28-23(29-24)21-10-17(8-9-25-21)33-18-13-32-14-18/h6-11,18H,3-5,12-14H2,1-2H3,(H,27,31). The summed E-state index contributed by atoms with van der Waals surface area (Å²) in [5.74, 6) is 1.89. The highest BCUT2D eigenvalue weighted by Gasteiger charge is 2.24. The Morgan fingerprint density at radius 1 is 1.21 bits per heavy atom. The number of carbonyl (C=O) groups is 1. The van der Waals surface area contributed by atoms with Crippen molar-refractivity contribution >= 4 is 17.4 Å². The van der Waals surface area contributed by atoms with E-state index in [1.54, 1.807) is 12.4 Å². The van der Waals surface area contributed by atoms with E-state index in [1.165, 1.54) is 0 Å². The second-order valence-electron chi connectivity index (χ2n) is 8.40. The van der Waals surface area contributed by atoms with Crippen LogP contribution in [0.1, 0.15) is 23.4 Å². The highest BCUT2D eigenvalue weighted by Crippen LogP contribution is 2.31. The molecule has 0 radical (unpaired) electrons. The Bertz CT molecular complexity index is 1160. The Labute approximate surface area is 192 Å². The first-order chi connectivity index (χ1) is 16.0. The van der Waals surface area contributed by atoms with Crippen molar-refractivity contribution < 1.29 is 14.3 Å². The van der Waals surface area contributed by atoms with E-state index in [1.807, 2.05) is 43.1 Å². The summed E-state index contributed by atoms with van der Waals surface area (Å²) in [6, 6.07) is 7.39. The van der Waals surface area contributed by atoms with Crippen molar-refractivity contribution in [1.82, 2.24) is 19.9 Å². The lowest BCUT2D eigenvalue weighted by atomic mass is 10.2. The number of aromatic nitrogens is 4. The van der Waals surface area contributed by atoms with Crippen LogP contribution in [0, 0.1) is 6.92 Å². The summed E-state index contributed by atoms with van der Waals surface area (Å²) in [6.07, 6.45) is 6.25. The maximum Gasteiger partial charge on any atom is 0.243 e. The molecule has 5 rings (SSSR count). The van der Waals surface area contributed by atoms with Crippen LogP contribution in [-0.4, -0.2) is 58.8 Å². The number of anilines is 2. The molecular formula is C24H26N6O3. The van der Waals surface area contributed by atoms with Gasteiger partial charge in [-0.2, -0.15) is 0 Å². The van der Waals surface area contributed by atoms with Gasteiger partial charge in [0.1, 0.15) is 23.4 Å². The largest absolute Gasteiger partial charge is 0.485 e. The Morgan fingerprint density at radius 3 is 2.85 bits per heavy atom. The van der Waals surface area contributed by atoms with Crippen molar-refractivity contribution in [2.24, 2.45) is 0 Å². The molecule has 1 fully saturated rings. The summed E-state index contributed by atoms with van der Waals surface area (Å²) in [7, 11) is 1.88. The van der Waals surface area contributed by atoms with Crippen molar-refractivity contribution in [3.8, 4) is 17.3 Å². The first-order valence-corrected chi connectivity index (χ1v) is 11.1. The highest BCUT2D eigenvalue weighted by molar-refractivity contribution is 5.93. The van der Waals surface area contributed by atoms with E-state index in [9.17, 15) is 4.79 Å². The van der Waals surface area contributed by atoms with Crippen LogP contribution in [0.5, 0.6) is 5.75 Å². The number of carbonyl (C=O) groups excluding carboxylic acids is 1. The molecule has 0 aromatic carbocycles. The van der Waals surface area contributed by atoms with Crippen LogP contribution >= 0.6 is 0 Å². The van der Waals surface area contributed by atoms with Crippen molar-refractivity contribution in [2.45, 2.75) is 32.3 Å². The van der Waals surface area contributed by atoms with Crippen molar-refractivity contribution in [3.05, 3.63) is 53.6 Å². The lowest BCUT2D eigenvalue weighted by molar-refractivity contribution is -0.114. The fraction of sp³-hybridized carbons (Fsp3) is 0.375.